The van der Waals surface area contributed by atoms with Gasteiger partial charge in [0.25, 0.3) is 0 Å². The molecule has 2 rings (SSSR count). The molecule has 0 aromatic heterocycles. The monoisotopic (exact) mass is 268 g/mol. The predicted octanol–water partition coefficient (Wildman–Crippen LogP) is 5.19. The molecule has 3 heteroatoms. The van der Waals surface area contributed by atoms with E-state index < -0.39 is 11.6 Å². The van der Waals surface area contributed by atoms with Crippen LogP contribution in [0.15, 0.2) is 12.1 Å². The van der Waals surface area contributed by atoms with Gasteiger partial charge in [-0.15, -0.1) is 0 Å². The molecule has 1 nitrogen and oxygen atoms in total. The Labute approximate surface area is 114 Å². The molecule has 0 aliphatic heterocycles. The zero-order chi connectivity index (χ0) is 14.0. The normalized spacial score (nSPS) is 19.4. The highest BCUT2D eigenvalue weighted by atomic mass is 19.2. The molecule has 1 unspecified atom stereocenters. The van der Waals surface area contributed by atoms with Gasteiger partial charge in [0.05, 0.1) is 0 Å². The van der Waals surface area contributed by atoms with Crippen LogP contribution in [0.2, 0.25) is 0 Å². The van der Waals surface area contributed by atoms with Gasteiger partial charge in [0.1, 0.15) is 5.60 Å². The molecule has 0 amide bonds. The highest BCUT2D eigenvalue weighted by molar-refractivity contribution is 5.34. The molecule has 1 atom stereocenters. The fourth-order valence-electron chi connectivity index (χ4n) is 2.67. The van der Waals surface area contributed by atoms with Crippen molar-refractivity contribution in [1.29, 1.82) is 0 Å². The van der Waals surface area contributed by atoms with Crippen LogP contribution in [-0.4, -0.2) is 5.60 Å². The lowest BCUT2D eigenvalue weighted by molar-refractivity contribution is 0.0901. The second-order valence-electron chi connectivity index (χ2n) is 5.88. The van der Waals surface area contributed by atoms with E-state index in [1.165, 1.54) is 6.07 Å². The second kappa shape index (κ2) is 5.48. The zero-order valence-electron chi connectivity index (χ0n) is 11.9. The van der Waals surface area contributed by atoms with Crippen LogP contribution < -0.4 is 4.74 Å². The van der Waals surface area contributed by atoms with Gasteiger partial charge >= 0.3 is 0 Å². The minimum atomic E-state index is -0.861. The summed E-state index contributed by atoms with van der Waals surface area (Å²) in [6.45, 7) is 6.02. The molecule has 1 aliphatic rings. The first-order chi connectivity index (χ1) is 8.95. The number of hydrogen-bond donors (Lipinski definition) is 0. The predicted molar refractivity (Wildman–Crippen MR) is 72.6 cm³/mol. The summed E-state index contributed by atoms with van der Waals surface area (Å²) in [6, 6.07) is 2.95. The Morgan fingerprint density at radius 3 is 2.47 bits per heavy atom. The van der Waals surface area contributed by atoms with E-state index >= 15 is 0 Å². The maximum absolute atomic E-state index is 13.9. The summed E-state index contributed by atoms with van der Waals surface area (Å²) >= 11 is 0. The van der Waals surface area contributed by atoms with Crippen molar-refractivity contribution in [2.45, 2.75) is 64.4 Å². The summed E-state index contributed by atoms with van der Waals surface area (Å²) in [5.41, 5.74) is 0.458. The molecule has 19 heavy (non-hydrogen) atoms. The lowest BCUT2D eigenvalue weighted by Gasteiger charge is -2.26. The summed E-state index contributed by atoms with van der Waals surface area (Å²) < 4.78 is 33.3. The third-order valence-electron chi connectivity index (χ3n) is 4.22. The molecule has 0 N–H and O–H groups in total. The Morgan fingerprint density at radius 2 is 1.89 bits per heavy atom. The van der Waals surface area contributed by atoms with Crippen molar-refractivity contribution in [3.8, 4) is 5.75 Å². The molecule has 0 heterocycles. The van der Waals surface area contributed by atoms with Crippen molar-refractivity contribution >= 4 is 0 Å². The quantitative estimate of drug-likeness (QED) is 0.730. The van der Waals surface area contributed by atoms with Gasteiger partial charge in [-0.1, -0.05) is 13.8 Å². The zero-order valence-corrected chi connectivity index (χ0v) is 11.9. The second-order valence-corrected chi connectivity index (χ2v) is 5.88. The van der Waals surface area contributed by atoms with Crippen LogP contribution in [0, 0.1) is 11.6 Å². The van der Waals surface area contributed by atoms with Crippen molar-refractivity contribution in [2.24, 2.45) is 0 Å². The topological polar surface area (TPSA) is 9.23 Å². The third-order valence-corrected chi connectivity index (χ3v) is 4.22. The van der Waals surface area contributed by atoms with E-state index in [2.05, 4.69) is 0 Å². The van der Waals surface area contributed by atoms with Crippen LogP contribution in [0.4, 0.5) is 8.78 Å². The maximum atomic E-state index is 13.9. The van der Waals surface area contributed by atoms with Gasteiger partial charge in [0.15, 0.2) is 11.6 Å². The first-order valence-electron chi connectivity index (χ1n) is 7.13. The van der Waals surface area contributed by atoms with Crippen LogP contribution in [0.5, 0.6) is 5.75 Å². The average molecular weight is 268 g/mol. The highest BCUT2D eigenvalue weighted by Crippen LogP contribution is 2.36. The molecular weight excluding hydrogens is 246 g/mol. The summed E-state index contributed by atoms with van der Waals surface area (Å²) in [6.07, 6.45) is 4.88. The van der Waals surface area contributed by atoms with Crippen molar-refractivity contribution in [2.75, 3.05) is 0 Å². The maximum Gasteiger partial charge on any atom is 0.200 e. The molecule has 0 bridgehead atoms. The van der Waals surface area contributed by atoms with Crippen molar-refractivity contribution in [3.63, 3.8) is 0 Å². The number of rotatable bonds is 4. The Morgan fingerprint density at radius 1 is 1.26 bits per heavy atom. The summed E-state index contributed by atoms with van der Waals surface area (Å²) in [5.74, 6) is -1.40. The van der Waals surface area contributed by atoms with Gasteiger partial charge < -0.3 is 4.74 Å². The smallest absolute Gasteiger partial charge is 0.200 e. The molecule has 1 aromatic rings. The van der Waals surface area contributed by atoms with E-state index in [-0.39, 0.29) is 17.3 Å². The van der Waals surface area contributed by atoms with Gasteiger partial charge in [-0.3, -0.25) is 0 Å². The molecule has 0 spiro atoms. The van der Waals surface area contributed by atoms with Gasteiger partial charge in [-0.2, -0.15) is 4.39 Å². The van der Waals surface area contributed by atoms with Gasteiger partial charge in [-0.05, 0) is 62.6 Å². The number of ether oxygens (including phenoxy) is 1. The fourth-order valence-corrected chi connectivity index (χ4v) is 2.67. The number of benzene rings is 1. The summed E-state index contributed by atoms with van der Waals surface area (Å²) in [4.78, 5) is 0. The summed E-state index contributed by atoms with van der Waals surface area (Å²) in [7, 11) is 0. The minimum absolute atomic E-state index is 0.0692. The van der Waals surface area contributed by atoms with E-state index in [9.17, 15) is 8.78 Å². The molecular formula is C16H22F2O. The van der Waals surface area contributed by atoms with E-state index in [4.69, 9.17) is 4.74 Å². The van der Waals surface area contributed by atoms with Crippen LogP contribution in [0.1, 0.15) is 64.4 Å². The first kappa shape index (κ1) is 14.3. The molecule has 106 valence electrons. The standard InChI is InChI=1S/C16H22F2O/c1-4-11(2)12-9-13(17)15(18)14(10-12)19-16(3)7-5-6-8-16/h9-11H,4-8H2,1-3H3. The minimum Gasteiger partial charge on any atom is -0.484 e. The Hall–Kier alpha value is -1.12. The Balaban J connectivity index is 2.30. The van der Waals surface area contributed by atoms with E-state index in [0.717, 1.165) is 37.7 Å². The van der Waals surface area contributed by atoms with Crippen molar-refractivity contribution in [1.82, 2.24) is 0 Å². The Bertz CT molecular complexity index is 450. The van der Waals surface area contributed by atoms with Crippen LogP contribution in [-0.2, 0) is 0 Å². The molecule has 1 aliphatic carbocycles. The average Bonchev–Trinajstić information content (AvgIpc) is 2.80. The number of halogens is 2. The largest absolute Gasteiger partial charge is 0.484 e. The molecule has 1 fully saturated rings. The van der Waals surface area contributed by atoms with Crippen LogP contribution >= 0.6 is 0 Å². The highest BCUT2D eigenvalue weighted by Gasteiger charge is 2.32. The fraction of sp³-hybridized carbons (Fsp3) is 0.625. The van der Waals surface area contributed by atoms with Gasteiger partial charge in [0.2, 0.25) is 5.82 Å². The summed E-state index contributed by atoms with van der Waals surface area (Å²) in [5, 5.41) is 0. The van der Waals surface area contributed by atoms with Gasteiger partial charge in [0, 0.05) is 0 Å². The van der Waals surface area contributed by atoms with Crippen molar-refractivity contribution in [3.05, 3.63) is 29.3 Å². The number of hydrogen-bond acceptors (Lipinski definition) is 1. The Kier molecular flexibility index (Phi) is 4.12. The van der Waals surface area contributed by atoms with Crippen LogP contribution in [0.3, 0.4) is 0 Å². The van der Waals surface area contributed by atoms with E-state index in [0.29, 0.717) is 0 Å². The molecule has 0 radical (unpaired) electrons. The van der Waals surface area contributed by atoms with E-state index in [1.54, 1.807) is 6.07 Å². The van der Waals surface area contributed by atoms with Crippen molar-refractivity contribution < 1.29 is 13.5 Å². The lowest BCUT2D eigenvalue weighted by atomic mass is 9.98. The lowest BCUT2D eigenvalue weighted by Crippen LogP contribution is -2.28. The van der Waals surface area contributed by atoms with E-state index in [1.807, 2.05) is 20.8 Å². The molecule has 1 aromatic carbocycles. The van der Waals surface area contributed by atoms with Gasteiger partial charge in [-0.25, -0.2) is 4.39 Å². The third kappa shape index (κ3) is 3.07. The molecule has 1 saturated carbocycles. The molecule has 0 saturated heterocycles. The first-order valence-corrected chi connectivity index (χ1v) is 7.13. The SMILES string of the molecule is CCC(C)c1cc(F)c(F)c(OC2(C)CCCC2)c1. The van der Waals surface area contributed by atoms with Crippen LogP contribution in [0.25, 0.3) is 0 Å².